The van der Waals surface area contributed by atoms with Crippen molar-refractivity contribution in [2.45, 2.75) is 51.5 Å². The maximum Gasteiger partial charge on any atom is 0.236 e. The van der Waals surface area contributed by atoms with E-state index >= 15 is 0 Å². The Morgan fingerprint density at radius 2 is 2.20 bits per heavy atom. The Balaban J connectivity index is 1.71. The van der Waals surface area contributed by atoms with Crippen LogP contribution in [0, 0.1) is 11.3 Å². The van der Waals surface area contributed by atoms with Crippen LogP contribution in [0.4, 0.5) is 0 Å². The van der Waals surface area contributed by atoms with Gasteiger partial charge in [0, 0.05) is 6.54 Å². The molecule has 0 saturated heterocycles. The van der Waals surface area contributed by atoms with Crippen molar-refractivity contribution in [1.29, 1.82) is 0 Å². The smallest absolute Gasteiger partial charge is 0.236 e. The first-order valence-electron chi connectivity index (χ1n) is 6.21. The molecule has 3 heteroatoms. The molecule has 0 bridgehead atoms. The zero-order chi connectivity index (χ0) is 10.9. The second kappa shape index (κ2) is 4.12. The van der Waals surface area contributed by atoms with Gasteiger partial charge in [-0.05, 0) is 43.4 Å². The van der Waals surface area contributed by atoms with Crippen molar-refractivity contribution in [3.8, 4) is 0 Å². The molecule has 2 aliphatic rings. The van der Waals surface area contributed by atoms with Crippen molar-refractivity contribution in [1.82, 2.24) is 5.32 Å². The second-order valence-corrected chi connectivity index (χ2v) is 5.25. The van der Waals surface area contributed by atoms with E-state index in [1.807, 2.05) is 0 Å². The zero-order valence-corrected chi connectivity index (χ0v) is 9.59. The lowest BCUT2D eigenvalue weighted by atomic mass is 10.0. The fraction of sp³-hybridized carbons (Fsp3) is 0.917. The molecule has 0 unspecified atom stereocenters. The van der Waals surface area contributed by atoms with E-state index < -0.39 is 0 Å². The van der Waals surface area contributed by atoms with Crippen LogP contribution >= 0.6 is 0 Å². The fourth-order valence-corrected chi connectivity index (χ4v) is 2.42. The fourth-order valence-electron chi connectivity index (χ4n) is 2.42. The number of hydrogen-bond donors (Lipinski definition) is 2. The molecule has 3 nitrogen and oxygen atoms in total. The average molecular weight is 210 g/mol. The summed E-state index contributed by atoms with van der Waals surface area (Å²) in [7, 11) is 0. The summed E-state index contributed by atoms with van der Waals surface area (Å²) in [5.41, 5.74) is 6.24. The number of nitrogens with one attached hydrogen (secondary N) is 1. The number of amides is 1. The summed E-state index contributed by atoms with van der Waals surface area (Å²) in [4.78, 5) is 11.6. The number of hydrogen-bond acceptors (Lipinski definition) is 2. The van der Waals surface area contributed by atoms with Crippen LogP contribution in [0.25, 0.3) is 0 Å². The topological polar surface area (TPSA) is 55.1 Å². The van der Waals surface area contributed by atoms with Crippen LogP contribution in [0.1, 0.15) is 45.4 Å². The van der Waals surface area contributed by atoms with Crippen molar-refractivity contribution in [2.75, 3.05) is 6.54 Å². The molecule has 0 aromatic rings. The van der Waals surface area contributed by atoms with Gasteiger partial charge in [-0.3, -0.25) is 4.79 Å². The highest BCUT2D eigenvalue weighted by atomic mass is 16.2. The summed E-state index contributed by atoms with van der Waals surface area (Å²) < 4.78 is 0. The monoisotopic (exact) mass is 210 g/mol. The summed E-state index contributed by atoms with van der Waals surface area (Å²) in [6.07, 6.45) is 7.13. The third kappa shape index (κ3) is 2.51. The van der Waals surface area contributed by atoms with Crippen LogP contribution in [0.15, 0.2) is 0 Å². The summed E-state index contributed by atoms with van der Waals surface area (Å²) in [6.45, 7) is 2.92. The van der Waals surface area contributed by atoms with Crippen LogP contribution in [0.5, 0.6) is 0 Å². The van der Waals surface area contributed by atoms with Gasteiger partial charge in [0.15, 0.2) is 0 Å². The standard InChI is InChI=1S/C12H22N2O/c1-2-3-10(13)11(15)14-8-12(6-7-12)9-4-5-9/h9-10H,2-8,13H2,1H3,(H,14,15)/t10-/m1/s1. The predicted molar refractivity (Wildman–Crippen MR) is 60.3 cm³/mol. The minimum Gasteiger partial charge on any atom is -0.354 e. The van der Waals surface area contributed by atoms with E-state index in [4.69, 9.17) is 5.73 Å². The normalized spacial score (nSPS) is 24.7. The van der Waals surface area contributed by atoms with Gasteiger partial charge in [0.05, 0.1) is 6.04 Å². The first-order chi connectivity index (χ1) is 7.18. The Morgan fingerprint density at radius 1 is 1.53 bits per heavy atom. The molecular formula is C12H22N2O. The predicted octanol–water partition coefficient (Wildman–Crippen LogP) is 1.42. The van der Waals surface area contributed by atoms with Crippen LogP contribution < -0.4 is 11.1 Å². The molecule has 3 N–H and O–H groups in total. The third-order valence-corrected chi connectivity index (χ3v) is 3.89. The molecule has 0 spiro atoms. The van der Waals surface area contributed by atoms with Crippen LogP contribution in [-0.4, -0.2) is 18.5 Å². The second-order valence-electron chi connectivity index (χ2n) is 5.25. The largest absolute Gasteiger partial charge is 0.354 e. The Hall–Kier alpha value is -0.570. The van der Waals surface area contributed by atoms with E-state index in [9.17, 15) is 4.79 Å². The molecule has 1 atom stereocenters. The molecule has 2 fully saturated rings. The lowest BCUT2D eigenvalue weighted by Crippen LogP contribution is -2.43. The number of carbonyl (C=O) groups excluding carboxylic acids is 1. The van der Waals surface area contributed by atoms with Crippen molar-refractivity contribution in [2.24, 2.45) is 17.1 Å². The molecule has 86 valence electrons. The Labute approximate surface area is 91.8 Å². The highest BCUT2D eigenvalue weighted by Gasteiger charge is 2.53. The molecule has 0 heterocycles. The molecule has 0 radical (unpaired) electrons. The van der Waals surface area contributed by atoms with Gasteiger partial charge in [-0.25, -0.2) is 0 Å². The molecule has 0 aliphatic heterocycles. The van der Waals surface area contributed by atoms with Crippen molar-refractivity contribution in [3.63, 3.8) is 0 Å². The average Bonchev–Trinajstić information content (AvgIpc) is 3.04. The Bertz CT molecular complexity index is 244. The maximum atomic E-state index is 11.6. The van der Waals surface area contributed by atoms with E-state index in [1.54, 1.807) is 0 Å². The maximum absolute atomic E-state index is 11.6. The van der Waals surface area contributed by atoms with Gasteiger partial charge in [-0.2, -0.15) is 0 Å². The van der Waals surface area contributed by atoms with E-state index in [1.165, 1.54) is 25.7 Å². The quantitative estimate of drug-likeness (QED) is 0.696. The number of carbonyl (C=O) groups is 1. The van der Waals surface area contributed by atoms with Crippen LogP contribution in [0.3, 0.4) is 0 Å². The minimum atomic E-state index is -0.301. The summed E-state index contributed by atoms with van der Waals surface area (Å²) >= 11 is 0. The number of nitrogens with two attached hydrogens (primary N) is 1. The molecule has 15 heavy (non-hydrogen) atoms. The number of rotatable bonds is 6. The van der Waals surface area contributed by atoms with E-state index in [0.29, 0.717) is 5.41 Å². The van der Waals surface area contributed by atoms with Gasteiger partial charge in [0.1, 0.15) is 0 Å². The molecule has 2 saturated carbocycles. The molecule has 0 aromatic carbocycles. The Kier molecular flexibility index (Phi) is 3.01. The van der Waals surface area contributed by atoms with Gasteiger partial charge >= 0.3 is 0 Å². The van der Waals surface area contributed by atoms with Gasteiger partial charge < -0.3 is 11.1 Å². The zero-order valence-electron chi connectivity index (χ0n) is 9.59. The van der Waals surface area contributed by atoms with Gasteiger partial charge in [0.2, 0.25) is 5.91 Å². The Morgan fingerprint density at radius 3 is 2.67 bits per heavy atom. The lowest BCUT2D eigenvalue weighted by molar-refractivity contribution is -0.122. The minimum absolute atomic E-state index is 0.0452. The van der Waals surface area contributed by atoms with Gasteiger partial charge in [-0.1, -0.05) is 13.3 Å². The van der Waals surface area contributed by atoms with Gasteiger partial charge in [0.25, 0.3) is 0 Å². The van der Waals surface area contributed by atoms with Crippen LogP contribution in [0.2, 0.25) is 0 Å². The first kappa shape index (κ1) is 10.9. The summed E-state index contributed by atoms with van der Waals surface area (Å²) in [5.74, 6) is 0.948. The van der Waals surface area contributed by atoms with Gasteiger partial charge in [-0.15, -0.1) is 0 Å². The molecule has 0 aromatic heterocycles. The first-order valence-corrected chi connectivity index (χ1v) is 6.21. The van der Waals surface area contributed by atoms with E-state index in [0.717, 1.165) is 25.3 Å². The molecule has 2 aliphatic carbocycles. The van der Waals surface area contributed by atoms with Crippen molar-refractivity contribution in [3.05, 3.63) is 0 Å². The summed E-state index contributed by atoms with van der Waals surface area (Å²) in [5, 5.41) is 3.03. The van der Waals surface area contributed by atoms with Crippen molar-refractivity contribution >= 4 is 5.91 Å². The van der Waals surface area contributed by atoms with E-state index in [2.05, 4.69) is 12.2 Å². The molecular weight excluding hydrogens is 188 g/mol. The SMILES string of the molecule is CCC[C@@H](N)C(=O)NCC1(C2CC2)CC1. The van der Waals surface area contributed by atoms with Crippen LogP contribution in [-0.2, 0) is 4.79 Å². The lowest BCUT2D eigenvalue weighted by Gasteiger charge is -2.17. The third-order valence-electron chi connectivity index (χ3n) is 3.89. The highest BCUT2D eigenvalue weighted by Crippen LogP contribution is 2.60. The van der Waals surface area contributed by atoms with Crippen molar-refractivity contribution < 1.29 is 4.79 Å². The molecule has 1 amide bonds. The van der Waals surface area contributed by atoms with E-state index in [-0.39, 0.29) is 11.9 Å². The highest BCUT2D eigenvalue weighted by molar-refractivity contribution is 5.81. The molecule has 2 rings (SSSR count). The summed E-state index contributed by atoms with van der Waals surface area (Å²) in [6, 6.07) is -0.301.